The second-order valence-corrected chi connectivity index (χ2v) is 7.94. The van der Waals surface area contributed by atoms with Crippen LogP contribution in [0.5, 0.6) is 0 Å². The predicted octanol–water partition coefficient (Wildman–Crippen LogP) is 4.62. The smallest absolute Gasteiger partial charge is 0.343 e. The minimum Gasteiger partial charge on any atom is -0.449 e. The van der Waals surface area contributed by atoms with Crippen molar-refractivity contribution >= 4 is 23.5 Å². The molecule has 1 N–H and O–H groups in total. The summed E-state index contributed by atoms with van der Waals surface area (Å²) in [4.78, 5) is 25.2. The molecule has 3 aromatic rings. The summed E-state index contributed by atoms with van der Waals surface area (Å²) in [7, 11) is 0. The number of nitrogens with one attached hydrogen (secondary N) is 1. The molecule has 0 aliphatic heterocycles. The Bertz CT molecular complexity index is 1060. The second kappa shape index (κ2) is 9.79. The van der Waals surface area contributed by atoms with Crippen molar-refractivity contribution < 1.29 is 14.3 Å². The standard InChI is InChI=1S/C24H26ClN3O3/c1-15-10-12-19(13-11-15)14-28-22(25)21(17(3)27-28)24(30)31-18(4)23(29)26-16(2)20-8-6-5-7-9-20/h5-13,16,18H,14H2,1-4H3,(H,26,29)/t16-,18-/m1/s1. The molecule has 2 aromatic carbocycles. The molecule has 0 radical (unpaired) electrons. The average molecular weight is 440 g/mol. The van der Waals surface area contributed by atoms with Crippen LogP contribution in [0.4, 0.5) is 0 Å². The fourth-order valence-corrected chi connectivity index (χ4v) is 3.50. The third kappa shape index (κ3) is 5.52. The Morgan fingerprint density at radius 3 is 2.35 bits per heavy atom. The zero-order valence-electron chi connectivity index (χ0n) is 18.1. The van der Waals surface area contributed by atoms with Crippen molar-refractivity contribution in [1.29, 1.82) is 0 Å². The number of esters is 1. The van der Waals surface area contributed by atoms with Crippen LogP contribution in [0.25, 0.3) is 0 Å². The Balaban J connectivity index is 1.66. The lowest BCUT2D eigenvalue weighted by Crippen LogP contribution is -2.37. The average Bonchev–Trinajstić information content (AvgIpc) is 3.03. The fraction of sp³-hybridized carbons (Fsp3) is 0.292. The van der Waals surface area contributed by atoms with Crippen LogP contribution in [0, 0.1) is 13.8 Å². The van der Waals surface area contributed by atoms with Gasteiger partial charge in [0, 0.05) is 0 Å². The van der Waals surface area contributed by atoms with E-state index in [4.69, 9.17) is 16.3 Å². The highest BCUT2D eigenvalue weighted by atomic mass is 35.5. The Hall–Kier alpha value is -3.12. The van der Waals surface area contributed by atoms with Crippen LogP contribution in [0.2, 0.25) is 5.15 Å². The van der Waals surface area contributed by atoms with Crippen molar-refractivity contribution in [3.8, 4) is 0 Å². The van der Waals surface area contributed by atoms with Gasteiger partial charge in [0.05, 0.1) is 18.3 Å². The number of hydrogen-bond donors (Lipinski definition) is 1. The van der Waals surface area contributed by atoms with Crippen LogP contribution in [0.15, 0.2) is 54.6 Å². The molecular formula is C24H26ClN3O3. The number of carbonyl (C=O) groups excluding carboxylic acids is 2. The van der Waals surface area contributed by atoms with Crippen LogP contribution in [0.3, 0.4) is 0 Å². The maximum absolute atomic E-state index is 12.7. The molecule has 1 aromatic heterocycles. The van der Waals surface area contributed by atoms with E-state index in [9.17, 15) is 9.59 Å². The van der Waals surface area contributed by atoms with Gasteiger partial charge in [-0.25, -0.2) is 9.48 Å². The Labute approximate surface area is 187 Å². The third-order valence-electron chi connectivity index (χ3n) is 5.03. The molecule has 0 spiro atoms. The molecule has 162 valence electrons. The lowest BCUT2D eigenvalue weighted by Gasteiger charge is -2.18. The molecule has 0 fully saturated rings. The molecule has 2 atom stereocenters. The molecule has 31 heavy (non-hydrogen) atoms. The first-order valence-electron chi connectivity index (χ1n) is 10.1. The van der Waals surface area contributed by atoms with Crippen molar-refractivity contribution in [3.05, 3.63) is 87.7 Å². The van der Waals surface area contributed by atoms with Crippen LogP contribution in [-0.2, 0) is 16.1 Å². The van der Waals surface area contributed by atoms with Gasteiger partial charge in [-0.1, -0.05) is 71.8 Å². The van der Waals surface area contributed by atoms with Crippen molar-refractivity contribution in [3.63, 3.8) is 0 Å². The van der Waals surface area contributed by atoms with Gasteiger partial charge in [-0.15, -0.1) is 0 Å². The van der Waals surface area contributed by atoms with Gasteiger partial charge in [0.15, 0.2) is 6.10 Å². The van der Waals surface area contributed by atoms with Gasteiger partial charge >= 0.3 is 5.97 Å². The van der Waals surface area contributed by atoms with E-state index >= 15 is 0 Å². The molecule has 0 unspecified atom stereocenters. The van der Waals surface area contributed by atoms with Crippen molar-refractivity contribution in [2.24, 2.45) is 0 Å². The van der Waals surface area contributed by atoms with E-state index in [1.54, 1.807) is 11.6 Å². The summed E-state index contributed by atoms with van der Waals surface area (Å²) in [6.45, 7) is 7.54. The first-order chi connectivity index (χ1) is 14.8. The van der Waals surface area contributed by atoms with Crippen LogP contribution < -0.4 is 5.32 Å². The number of carbonyl (C=O) groups is 2. The summed E-state index contributed by atoms with van der Waals surface area (Å²) < 4.78 is 6.94. The van der Waals surface area contributed by atoms with Gasteiger partial charge in [-0.3, -0.25) is 4.79 Å². The lowest BCUT2D eigenvalue weighted by atomic mass is 10.1. The number of aromatic nitrogens is 2. The largest absolute Gasteiger partial charge is 0.449 e. The van der Waals surface area contributed by atoms with Crippen molar-refractivity contribution in [1.82, 2.24) is 15.1 Å². The lowest BCUT2D eigenvalue weighted by molar-refractivity contribution is -0.129. The minimum atomic E-state index is -0.977. The van der Waals surface area contributed by atoms with E-state index in [2.05, 4.69) is 10.4 Å². The van der Waals surface area contributed by atoms with Crippen molar-refractivity contribution in [2.45, 2.75) is 46.4 Å². The normalized spacial score (nSPS) is 12.8. The van der Waals surface area contributed by atoms with Crippen LogP contribution in [-0.4, -0.2) is 27.8 Å². The number of hydrogen-bond acceptors (Lipinski definition) is 4. The molecule has 7 heteroatoms. The Kier molecular flexibility index (Phi) is 7.13. The topological polar surface area (TPSA) is 73.2 Å². The molecule has 1 heterocycles. The Morgan fingerprint density at radius 1 is 1.06 bits per heavy atom. The molecule has 0 bridgehead atoms. The van der Waals surface area contributed by atoms with E-state index in [-0.39, 0.29) is 22.7 Å². The summed E-state index contributed by atoms with van der Waals surface area (Å²) in [5, 5.41) is 7.42. The van der Waals surface area contributed by atoms with E-state index in [0.717, 1.165) is 16.7 Å². The summed E-state index contributed by atoms with van der Waals surface area (Å²) in [6.07, 6.45) is -0.977. The predicted molar refractivity (Wildman–Crippen MR) is 120 cm³/mol. The maximum Gasteiger partial charge on any atom is 0.343 e. The maximum atomic E-state index is 12.7. The number of halogens is 1. The summed E-state index contributed by atoms with van der Waals surface area (Å²) >= 11 is 6.43. The molecule has 0 saturated heterocycles. The zero-order valence-corrected chi connectivity index (χ0v) is 18.8. The molecule has 0 aliphatic rings. The van der Waals surface area contributed by atoms with Gasteiger partial charge < -0.3 is 10.1 Å². The third-order valence-corrected chi connectivity index (χ3v) is 5.42. The highest BCUT2D eigenvalue weighted by molar-refractivity contribution is 6.32. The molecule has 1 amide bonds. The summed E-state index contributed by atoms with van der Waals surface area (Å²) in [5.41, 5.74) is 3.75. The Morgan fingerprint density at radius 2 is 1.71 bits per heavy atom. The summed E-state index contributed by atoms with van der Waals surface area (Å²) in [5.74, 6) is -1.06. The first kappa shape index (κ1) is 22.6. The number of amides is 1. The van der Waals surface area contributed by atoms with E-state index in [1.165, 1.54) is 6.92 Å². The van der Waals surface area contributed by atoms with Gasteiger partial charge in [-0.2, -0.15) is 5.10 Å². The highest BCUT2D eigenvalue weighted by Gasteiger charge is 2.26. The molecule has 0 saturated carbocycles. The number of benzene rings is 2. The SMILES string of the molecule is Cc1ccc(Cn2nc(C)c(C(=O)O[C@H](C)C(=O)N[C@H](C)c3ccccc3)c2Cl)cc1. The molecule has 6 nitrogen and oxygen atoms in total. The molecule has 3 rings (SSSR count). The first-order valence-corrected chi connectivity index (χ1v) is 10.5. The van der Waals surface area contributed by atoms with Crippen LogP contribution >= 0.6 is 11.6 Å². The minimum absolute atomic E-state index is 0.171. The fourth-order valence-electron chi connectivity index (χ4n) is 3.19. The van der Waals surface area contributed by atoms with Crippen LogP contribution in [0.1, 0.15) is 52.6 Å². The number of rotatable bonds is 7. The quantitative estimate of drug-likeness (QED) is 0.545. The summed E-state index contributed by atoms with van der Waals surface area (Å²) in [6, 6.07) is 17.3. The van der Waals surface area contributed by atoms with E-state index < -0.39 is 12.1 Å². The number of aryl methyl sites for hydroxylation is 2. The van der Waals surface area contributed by atoms with Gasteiger partial charge in [0.25, 0.3) is 5.91 Å². The number of nitrogens with zero attached hydrogens (tertiary/aromatic N) is 2. The number of ether oxygens (including phenoxy) is 1. The van der Waals surface area contributed by atoms with Crippen molar-refractivity contribution in [2.75, 3.05) is 0 Å². The van der Waals surface area contributed by atoms with Gasteiger partial charge in [-0.05, 0) is 38.8 Å². The molecule has 0 aliphatic carbocycles. The zero-order chi connectivity index (χ0) is 22.5. The van der Waals surface area contributed by atoms with E-state index in [1.807, 2.05) is 68.4 Å². The molecular weight excluding hydrogens is 414 g/mol. The van der Waals surface area contributed by atoms with E-state index in [0.29, 0.717) is 12.2 Å². The monoisotopic (exact) mass is 439 g/mol. The second-order valence-electron chi connectivity index (χ2n) is 7.58. The van der Waals surface area contributed by atoms with Gasteiger partial charge in [0.1, 0.15) is 10.7 Å². The van der Waals surface area contributed by atoms with Gasteiger partial charge in [0.2, 0.25) is 0 Å². The highest BCUT2D eigenvalue weighted by Crippen LogP contribution is 2.23.